The van der Waals surface area contributed by atoms with Crippen molar-refractivity contribution in [3.05, 3.63) is 29.3 Å². The Morgan fingerprint density at radius 3 is 2.71 bits per heavy atom. The van der Waals surface area contributed by atoms with Gasteiger partial charge in [-0.2, -0.15) is 0 Å². The zero-order valence-electron chi connectivity index (χ0n) is 10.7. The van der Waals surface area contributed by atoms with Gasteiger partial charge in [0.05, 0.1) is 0 Å². The van der Waals surface area contributed by atoms with Gasteiger partial charge in [-0.1, -0.05) is 6.07 Å². The van der Waals surface area contributed by atoms with E-state index in [1.807, 2.05) is 0 Å². The van der Waals surface area contributed by atoms with Gasteiger partial charge in [-0.15, -0.1) is 0 Å². The number of hydrogen-bond acceptors (Lipinski definition) is 2. The van der Waals surface area contributed by atoms with Crippen LogP contribution in [0.3, 0.4) is 0 Å². The lowest BCUT2D eigenvalue weighted by molar-refractivity contribution is 0.523. The Hall–Kier alpha value is -1.02. The molecule has 3 rings (SSSR count). The van der Waals surface area contributed by atoms with Crippen LogP contribution in [0.2, 0.25) is 0 Å². The Bertz CT molecular complexity index is 421. The van der Waals surface area contributed by atoms with Gasteiger partial charge in [-0.3, -0.25) is 0 Å². The Morgan fingerprint density at radius 2 is 2.00 bits per heavy atom. The summed E-state index contributed by atoms with van der Waals surface area (Å²) in [5.74, 6) is 0. The van der Waals surface area contributed by atoms with E-state index < -0.39 is 0 Å². The summed E-state index contributed by atoms with van der Waals surface area (Å²) in [5.41, 5.74) is 10.8. The highest BCUT2D eigenvalue weighted by Gasteiger charge is 2.42. The fraction of sp³-hybridized carbons (Fsp3) is 0.600. The maximum Gasteiger partial charge on any atom is 0.0366 e. The molecule has 17 heavy (non-hydrogen) atoms. The van der Waals surface area contributed by atoms with Gasteiger partial charge in [0.2, 0.25) is 0 Å². The lowest BCUT2D eigenvalue weighted by Crippen LogP contribution is -2.31. The predicted molar refractivity (Wildman–Crippen MR) is 72.5 cm³/mol. The molecule has 1 aromatic rings. The summed E-state index contributed by atoms with van der Waals surface area (Å²) in [4.78, 5) is 2.39. The van der Waals surface area contributed by atoms with Gasteiger partial charge >= 0.3 is 0 Å². The summed E-state index contributed by atoms with van der Waals surface area (Å²) in [6.45, 7) is 1.95. The molecule has 0 amide bonds. The fourth-order valence-electron chi connectivity index (χ4n) is 2.99. The largest absolute Gasteiger partial charge is 0.374 e. The van der Waals surface area contributed by atoms with Crippen LogP contribution < -0.4 is 10.6 Å². The van der Waals surface area contributed by atoms with E-state index in [9.17, 15) is 0 Å². The molecular formula is C15H22N2. The third-order valence-electron chi connectivity index (χ3n) is 4.49. The molecular weight excluding hydrogens is 208 g/mol. The van der Waals surface area contributed by atoms with Crippen molar-refractivity contribution in [3.63, 3.8) is 0 Å². The minimum Gasteiger partial charge on any atom is -0.374 e. The molecule has 0 aliphatic heterocycles. The zero-order valence-corrected chi connectivity index (χ0v) is 10.7. The van der Waals surface area contributed by atoms with E-state index >= 15 is 0 Å². The van der Waals surface area contributed by atoms with Crippen molar-refractivity contribution in [2.75, 3.05) is 25.0 Å². The van der Waals surface area contributed by atoms with Crippen molar-refractivity contribution in [1.29, 1.82) is 0 Å². The molecule has 1 saturated carbocycles. The first kappa shape index (κ1) is 11.1. The van der Waals surface area contributed by atoms with Crippen LogP contribution >= 0.6 is 0 Å². The summed E-state index contributed by atoms with van der Waals surface area (Å²) in [6, 6.07) is 6.97. The number of rotatable bonds is 4. The van der Waals surface area contributed by atoms with E-state index in [2.05, 4.69) is 30.1 Å². The van der Waals surface area contributed by atoms with Crippen LogP contribution in [0.4, 0.5) is 5.69 Å². The monoisotopic (exact) mass is 230 g/mol. The SMILES string of the molecule is CN(CC1(CN)CC1)c1ccc2c(c1)CCC2. The van der Waals surface area contributed by atoms with Gasteiger partial charge < -0.3 is 10.6 Å². The molecule has 1 aromatic carbocycles. The van der Waals surface area contributed by atoms with E-state index in [1.54, 1.807) is 11.1 Å². The van der Waals surface area contributed by atoms with Crippen LogP contribution in [0, 0.1) is 5.41 Å². The third kappa shape index (κ3) is 2.06. The molecule has 2 nitrogen and oxygen atoms in total. The average Bonchev–Trinajstić information content (AvgIpc) is 2.96. The molecule has 1 fully saturated rings. The maximum atomic E-state index is 5.86. The lowest BCUT2D eigenvalue weighted by atomic mass is 10.1. The zero-order chi connectivity index (χ0) is 11.9. The van der Waals surface area contributed by atoms with Crippen LogP contribution in [0.1, 0.15) is 30.4 Å². The smallest absolute Gasteiger partial charge is 0.0366 e. The minimum atomic E-state index is 0.424. The predicted octanol–water partition coefficient (Wildman–Crippen LogP) is 2.35. The van der Waals surface area contributed by atoms with E-state index in [1.165, 1.54) is 37.8 Å². The van der Waals surface area contributed by atoms with Crippen molar-refractivity contribution in [2.45, 2.75) is 32.1 Å². The van der Waals surface area contributed by atoms with Crippen molar-refractivity contribution in [3.8, 4) is 0 Å². The highest BCUT2D eigenvalue weighted by atomic mass is 15.1. The highest BCUT2D eigenvalue weighted by molar-refractivity contribution is 5.52. The Morgan fingerprint density at radius 1 is 1.24 bits per heavy atom. The average molecular weight is 230 g/mol. The molecule has 2 N–H and O–H groups in total. The van der Waals surface area contributed by atoms with Gasteiger partial charge in [0.1, 0.15) is 0 Å². The molecule has 2 aliphatic rings. The quantitative estimate of drug-likeness (QED) is 0.860. The molecule has 0 atom stereocenters. The van der Waals surface area contributed by atoms with Gasteiger partial charge in [0.15, 0.2) is 0 Å². The number of nitrogens with zero attached hydrogens (tertiary/aromatic N) is 1. The number of anilines is 1. The Kier molecular flexibility index (Phi) is 2.62. The van der Waals surface area contributed by atoms with Crippen molar-refractivity contribution >= 4 is 5.69 Å². The number of hydrogen-bond donors (Lipinski definition) is 1. The van der Waals surface area contributed by atoms with Gasteiger partial charge in [-0.25, -0.2) is 0 Å². The van der Waals surface area contributed by atoms with Crippen LogP contribution in [-0.4, -0.2) is 20.1 Å². The number of nitrogens with two attached hydrogens (primary N) is 1. The van der Waals surface area contributed by atoms with E-state index in [0.29, 0.717) is 5.41 Å². The molecule has 2 heteroatoms. The number of aryl methyl sites for hydroxylation is 2. The van der Waals surface area contributed by atoms with Crippen molar-refractivity contribution in [1.82, 2.24) is 0 Å². The van der Waals surface area contributed by atoms with Crippen LogP contribution in [0.25, 0.3) is 0 Å². The van der Waals surface area contributed by atoms with E-state index in [-0.39, 0.29) is 0 Å². The molecule has 2 aliphatic carbocycles. The summed E-state index contributed by atoms with van der Waals surface area (Å²) >= 11 is 0. The van der Waals surface area contributed by atoms with Crippen LogP contribution in [0.15, 0.2) is 18.2 Å². The molecule has 0 heterocycles. The van der Waals surface area contributed by atoms with E-state index in [4.69, 9.17) is 5.73 Å². The molecule has 92 valence electrons. The topological polar surface area (TPSA) is 29.3 Å². The Labute approximate surface area is 104 Å². The molecule has 0 radical (unpaired) electrons. The maximum absolute atomic E-state index is 5.86. The second kappa shape index (κ2) is 4.02. The van der Waals surface area contributed by atoms with Crippen LogP contribution in [-0.2, 0) is 12.8 Å². The number of fused-ring (bicyclic) bond motifs is 1. The molecule has 0 aromatic heterocycles. The lowest BCUT2D eigenvalue weighted by Gasteiger charge is -2.25. The van der Waals surface area contributed by atoms with Crippen molar-refractivity contribution in [2.24, 2.45) is 11.1 Å². The first-order valence-electron chi connectivity index (χ1n) is 6.75. The summed E-state index contributed by atoms with van der Waals surface area (Å²) in [6.07, 6.45) is 6.47. The second-order valence-electron chi connectivity index (χ2n) is 5.87. The molecule has 0 unspecified atom stereocenters. The summed E-state index contributed by atoms with van der Waals surface area (Å²) in [7, 11) is 2.20. The molecule has 0 bridgehead atoms. The van der Waals surface area contributed by atoms with Gasteiger partial charge in [0.25, 0.3) is 0 Å². The summed E-state index contributed by atoms with van der Waals surface area (Å²) in [5, 5.41) is 0. The fourth-order valence-corrected chi connectivity index (χ4v) is 2.99. The van der Waals surface area contributed by atoms with Crippen LogP contribution in [0.5, 0.6) is 0 Å². The second-order valence-corrected chi connectivity index (χ2v) is 5.87. The molecule has 0 saturated heterocycles. The van der Waals surface area contributed by atoms with E-state index in [0.717, 1.165) is 13.1 Å². The first-order valence-corrected chi connectivity index (χ1v) is 6.75. The highest BCUT2D eigenvalue weighted by Crippen LogP contribution is 2.45. The van der Waals surface area contributed by atoms with Crippen molar-refractivity contribution < 1.29 is 0 Å². The standard InChI is InChI=1S/C15H22N2/c1-17(11-15(10-16)7-8-15)14-6-5-12-3-2-4-13(12)9-14/h5-6,9H,2-4,7-8,10-11,16H2,1H3. The molecule has 0 spiro atoms. The minimum absolute atomic E-state index is 0.424. The normalized spacial score (nSPS) is 20.1. The van der Waals surface area contributed by atoms with Gasteiger partial charge in [-0.05, 0) is 61.9 Å². The number of benzene rings is 1. The Balaban J connectivity index is 1.75. The first-order chi connectivity index (χ1) is 8.22. The third-order valence-corrected chi connectivity index (χ3v) is 4.49. The summed E-state index contributed by atoms with van der Waals surface area (Å²) < 4.78 is 0. The van der Waals surface area contributed by atoms with Gasteiger partial charge in [0, 0.05) is 24.7 Å².